The Balaban J connectivity index is 0.00000264. The Labute approximate surface area is 142 Å². The number of piperazine rings is 1. The van der Waals surface area contributed by atoms with E-state index in [1.807, 2.05) is 12.1 Å². The van der Waals surface area contributed by atoms with E-state index in [-0.39, 0.29) is 30.6 Å². The van der Waals surface area contributed by atoms with Gasteiger partial charge in [0.15, 0.2) is 0 Å². The number of methoxy groups -OCH3 is 1. The van der Waals surface area contributed by atoms with Crippen molar-refractivity contribution < 1.29 is 14.3 Å². The van der Waals surface area contributed by atoms with Crippen molar-refractivity contribution in [1.82, 2.24) is 20.5 Å². The minimum atomic E-state index is -0.459. The Kier molecular flexibility index (Phi) is 8.53. The molecule has 2 N–H and O–H groups in total. The first kappa shape index (κ1) is 19.3. The van der Waals surface area contributed by atoms with E-state index in [0.29, 0.717) is 32.8 Å². The molecule has 1 aromatic heterocycles. The largest absolute Gasteiger partial charge is 0.383 e. The Hall–Kier alpha value is -1.70. The maximum Gasteiger partial charge on any atom is 0.240 e. The fourth-order valence-electron chi connectivity index (χ4n) is 2.34. The molecule has 0 spiro atoms. The van der Waals surface area contributed by atoms with Crippen LogP contribution in [0.1, 0.15) is 12.0 Å². The van der Waals surface area contributed by atoms with Crippen LogP contribution in [0.2, 0.25) is 0 Å². The minimum Gasteiger partial charge on any atom is -0.383 e. The first-order valence-corrected chi connectivity index (χ1v) is 7.37. The van der Waals surface area contributed by atoms with Gasteiger partial charge in [0.2, 0.25) is 11.8 Å². The second-order valence-corrected chi connectivity index (χ2v) is 5.17. The smallest absolute Gasteiger partial charge is 0.240 e. The number of nitrogens with zero attached hydrogens (tertiary/aromatic N) is 2. The molecule has 1 saturated heterocycles. The third-order valence-corrected chi connectivity index (χ3v) is 3.55. The summed E-state index contributed by atoms with van der Waals surface area (Å²) in [7, 11) is 1.61. The quantitative estimate of drug-likeness (QED) is 0.726. The van der Waals surface area contributed by atoms with Crippen molar-refractivity contribution in [3.05, 3.63) is 30.1 Å². The predicted molar refractivity (Wildman–Crippen MR) is 88.2 cm³/mol. The molecule has 1 aromatic rings. The summed E-state index contributed by atoms with van der Waals surface area (Å²) in [5.41, 5.74) is 0.931. The first-order chi connectivity index (χ1) is 10.7. The van der Waals surface area contributed by atoms with Gasteiger partial charge in [0, 0.05) is 45.7 Å². The lowest BCUT2D eigenvalue weighted by Crippen LogP contribution is -2.56. The summed E-state index contributed by atoms with van der Waals surface area (Å²) in [6, 6.07) is 3.25. The molecular weight excluding hydrogens is 320 g/mol. The molecule has 1 aliphatic heterocycles. The number of halogens is 1. The fraction of sp³-hybridized carbons (Fsp3) is 0.533. The van der Waals surface area contributed by atoms with E-state index >= 15 is 0 Å². The van der Waals surface area contributed by atoms with E-state index in [4.69, 9.17) is 4.74 Å². The maximum atomic E-state index is 12.3. The molecule has 0 aliphatic carbocycles. The Morgan fingerprint density at radius 2 is 2.39 bits per heavy atom. The van der Waals surface area contributed by atoms with E-state index < -0.39 is 6.04 Å². The van der Waals surface area contributed by atoms with Crippen molar-refractivity contribution in [1.29, 1.82) is 0 Å². The van der Waals surface area contributed by atoms with Crippen molar-refractivity contribution in [2.24, 2.45) is 0 Å². The van der Waals surface area contributed by atoms with Gasteiger partial charge in [-0.05, 0) is 11.6 Å². The van der Waals surface area contributed by atoms with E-state index in [0.717, 1.165) is 5.56 Å². The molecule has 2 rings (SSSR count). The van der Waals surface area contributed by atoms with Gasteiger partial charge in [-0.25, -0.2) is 0 Å². The standard InChI is InChI=1S/C15H22N4O3.ClH/c1-22-8-7-19-6-5-17-13(15(19)21)9-14(20)18-11-12-3-2-4-16-10-12;/h2-4,10,13,17H,5-9,11H2,1H3,(H,18,20);1H. The van der Waals surface area contributed by atoms with Crippen LogP contribution in [0, 0.1) is 0 Å². The van der Waals surface area contributed by atoms with Gasteiger partial charge in [0.05, 0.1) is 19.1 Å². The zero-order valence-corrected chi connectivity index (χ0v) is 14.0. The molecular formula is C15H23ClN4O3. The molecule has 2 amide bonds. The summed E-state index contributed by atoms with van der Waals surface area (Å²) >= 11 is 0. The molecule has 2 heterocycles. The molecule has 0 aromatic carbocycles. The SMILES string of the molecule is COCCN1CCNC(CC(=O)NCc2cccnc2)C1=O.Cl. The number of rotatable bonds is 7. The summed E-state index contributed by atoms with van der Waals surface area (Å²) in [5.74, 6) is -0.192. The molecule has 23 heavy (non-hydrogen) atoms. The number of aromatic nitrogens is 1. The van der Waals surface area contributed by atoms with Crippen LogP contribution in [-0.2, 0) is 20.9 Å². The summed E-state index contributed by atoms with van der Waals surface area (Å²) < 4.78 is 5.00. The highest BCUT2D eigenvalue weighted by Crippen LogP contribution is 2.05. The Morgan fingerprint density at radius 3 is 3.09 bits per heavy atom. The van der Waals surface area contributed by atoms with Crippen LogP contribution in [-0.4, -0.2) is 61.1 Å². The number of nitrogens with one attached hydrogen (secondary N) is 2. The van der Waals surface area contributed by atoms with Crippen molar-refractivity contribution in [3.8, 4) is 0 Å². The highest BCUT2D eigenvalue weighted by Gasteiger charge is 2.29. The van der Waals surface area contributed by atoms with Crippen molar-refractivity contribution >= 4 is 24.2 Å². The monoisotopic (exact) mass is 342 g/mol. The van der Waals surface area contributed by atoms with Crippen LogP contribution >= 0.6 is 12.4 Å². The van der Waals surface area contributed by atoms with E-state index in [1.165, 1.54) is 0 Å². The van der Waals surface area contributed by atoms with E-state index in [2.05, 4.69) is 15.6 Å². The third-order valence-electron chi connectivity index (χ3n) is 3.55. The molecule has 128 valence electrons. The fourth-order valence-corrected chi connectivity index (χ4v) is 2.34. The Morgan fingerprint density at radius 1 is 1.57 bits per heavy atom. The maximum absolute atomic E-state index is 12.3. The lowest BCUT2D eigenvalue weighted by atomic mass is 10.1. The van der Waals surface area contributed by atoms with Gasteiger partial charge in [-0.3, -0.25) is 14.6 Å². The van der Waals surface area contributed by atoms with Gasteiger partial charge >= 0.3 is 0 Å². The number of pyridine rings is 1. The van der Waals surface area contributed by atoms with Gasteiger partial charge < -0.3 is 20.3 Å². The van der Waals surface area contributed by atoms with Crippen LogP contribution in [0.4, 0.5) is 0 Å². The molecule has 0 bridgehead atoms. The van der Waals surface area contributed by atoms with Crippen LogP contribution in [0.25, 0.3) is 0 Å². The molecule has 0 saturated carbocycles. The average molecular weight is 343 g/mol. The highest BCUT2D eigenvalue weighted by molar-refractivity contribution is 5.88. The number of carbonyl (C=O) groups is 2. The molecule has 1 aliphatic rings. The van der Waals surface area contributed by atoms with Crippen LogP contribution in [0.3, 0.4) is 0 Å². The van der Waals surface area contributed by atoms with Crippen molar-refractivity contribution in [2.45, 2.75) is 19.0 Å². The molecule has 0 radical (unpaired) electrons. The average Bonchev–Trinajstić information content (AvgIpc) is 2.55. The predicted octanol–water partition coefficient (Wildman–Crippen LogP) is -0.0435. The zero-order chi connectivity index (χ0) is 15.8. The lowest BCUT2D eigenvalue weighted by Gasteiger charge is -2.32. The number of carbonyl (C=O) groups excluding carboxylic acids is 2. The Bertz CT molecular complexity index is 501. The topological polar surface area (TPSA) is 83.6 Å². The van der Waals surface area contributed by atoms with E-state index in [1.54, 1.807) is 24.4 Å². The number of amides is 2. The number of hydrogen-bond donors (Lipinski definition) is 2. The van der Waals surface area contributed by atoms with E-state index in [9.17, 15) is 9.59 Å². The summed E-state index contributed by atoms with van der Waals surface area (Å²) in [6.07, 6.45) is 3.53. The van der Waals surface area contributed by atoms with Gasteiger partial charge in [0.25, 0.3) is 0 Å². The summed E-state index contributed by atoms with van der Waals surface area (Å²) in [5, 5.41) is 5.91. The second-order valence-electron chi connectivity index (χ2n) is 5.17. The number of hydrogen-bond acceptors (Lipinski definition) is 5. The zero-order valence-electron chi connectivity index (χ0n) is 13.2. The molecule has 1 unspecified atom stereocenters. The van der Waals surface area contributed by atoms with Crippen LogP contribution < -0.4 is 10.6 Å². The van der Waals surface area contributed by atoms with Crippen LogP contribution in [0.5, 0.6) is 0 Å². The van der Waals surface area contributed by atoms with Gasteiger partial charge in [0.1, 0.15) is 0 Å². The normalized spacial score (nSPS) is 17.5. The summed E-state index contributed by atoms with van der Waals surface area (Å²) in [6.45, 7) is 2.82. The summed E-state index contributed by atoms with van der Waals surface area (Å²) in [4.78, 5) is 30.0. The molecule has 7 nitrogen and oxygen atoms in total. The number of ether oxygens (including phenoxy) is 1. The lowest BCUT2D eigenvalue weighted by molar-refractivity contribution is -0.138. The van der Waals surface area contributed by atoms with Crippen LogP contribution in [0.15, 0.2) is 24.5 Å². The van der Waals surface area contributed by atoms with Gasteiger partial charge in [-0.15, -0.1) is 12.4 Å². The van der Waals surface area contributed by atoms with Gasteiger partial charge in [-0.2, -0.15) is 0 Å². The van der Waals surface area contributed by atoms with Crippen molar-refractivity contribution in [2.75, 3.05) is 33.4 Å². The second kappa shape index (κ2) is 10.1. The molecule has 1 fully saturated rings. The molecule has 1 atom stereocenters. The highest BCUT2D eigenvalue weighted by atomic mass is 35.5. The third kappa shape index (κ3) is 6.13. The van der Waals surface area contributed by atoms with Gasteiger partial charge in [-0.1, -0.05) is 6.07 Å². The minimum absolute atomic E-state index is 0. The van der Waals surface area contributed by atoms with Crippen molar-refractivity contribution in [3.63, 3.8) is 0 Å². The molecule has 8 heteroatoms. The first-order valence-electron chi connectivity index (χ1n) is 7.37.